The van der Waals surface area contributed by atoms with Crippen LogP contribution in [0.1, 0.15) is 56.9 Å². The van der Waals surface area contributed by atoms with Crippen LogP contribution in [0.5, 0.6) is 5.75 Å². The van der Waals surface area contributed by atoms with E-state index in [1.165, 1.54) is 38.5 Å². The van der Waals surface area contributed by atoms with Crippen molar-refractivity contribution in [1.82, 2.24) is 0 Å². The molecule has 3 aliphatic rings. The second-order valence-electron chi connectivity index (χ2n) is 8.92. The fraction of sp³-hybridized carbons (Fsp3) is 0.423. The second kappa shape index (κ2) is 7.62. The molecule has 2 aliphatic carbocycles. The maximum absolute atomic E-state index is 9.41. The monoisotopic (exact) mass is 395 g/mol. The first-order valence-corrected chi connectivity index (χ1v) is 11.0. The first kappa shape index (κ1) is 18.9. The van der Waals surface area contributed by atoms with Crippen LogP contribution in [0.4, 0.5) is 5.69 Å². The van der Waals surface area contributed by atoms with Gasteiger partial charge >= 0.3 is 0 Å². The highest BCUT2D eigenvalue weighted by molar-refractivity contribution is 6.06. The average Bonchev–Trinajstić information content (AvgIpc) is 2.79. The van der Waals surface area contributed by atoms with Gasteiger partial charge in [0.2, 0.25) is 6.19 Å². The normalized spacial score (nSPS) is 28.7. The topological polar surface area (TPSA) is 49.7 Å². The fourth-order valence-electron chi connectivity index (χ4n) is 6.01. The number of hydrogen-bond acceptors (Lipinski definition) is 3. The molecule has 2 aromatic carbocycles. The van der Waals surface area contributed by atoms with Gasteiger partial charge in [0, 0.05) is 17.9 Å². The van der Waals surface area contributed by atoms with Crippen LogP contribution < -0.4 is 4.74 Å². The summed E-state index contributed by atoms with van der Waals surface area (Å²) in [6.07, 6.45) is 11.5. The molecule has 1 heterocycles. The molecular formula is C26H25N3O. The highest BCUT2D eigenvalue weighted by Gasteiger charge is 2.51. The largest absolute Gasteiger partial charge is 0.486 e. The summed E-state index contributed by atoms with van der Waals surface area (Å²) < 4.78 is 6.80. The minimum Gasteiger partial charge on any atom is -0.486 e. The Hall–Kier alpha value is -3.11. The van der Waals surface area contributed by atoms with Gasteiger partial charge in [-0.2, -0.15) is 10.3 Å². The SMILES string of the molecule is [C-]#[N+]c1cccc(-c2ccc3c(c2)C(=NC#N)CC2(CCCC4CCCCC42)O3)c1. The number of ether oxygens (including phenoxy) is 1. The van der Waals surface area contributed by atoms with Crippen molar-refractivity contribution in [3.05, 3.63) is 59.4 Å². The lowest BCUT2D eigenvalue weighted by atomic mass is 9.60. The third-order valence-corrected chi connectivity index (χ3v) is 7.32. The Morgan fingerprint density at radius 3 is 2.77 bits per heavy atom. The molecule has 0 N–H and O–H groups in total. The Labute approximate surface area is 178 Å². The Morgan fingerprint density at radius 2 is 1.90 bits per heavy atom. The zero-order valence-corrected chi connectivity index (χ0v) is 17.1. The van der Waals surface area contributed by atoms with Crippen molar-refractivity contribution >= 4 is 11.4 Å². The summed E-state index contributed by atoms with van der Waals surface area (Å²) in [5.74, 6) is 2.16. The quantitative estimate of drug-likeness (QED) is 0.399. The molecule has 2 saturated carbocycles. The van der Waals surface area contributed by atoms with Gasteiger partial charge in [-0.15, -0.1) is 0 Å². The molecule has 3 unspecified atom stereocenters. The maximum atomic E-state index is 9.41. The van der Waals surface area contributed by atoms with Crippen molar-refractivity contribution in [3.8, 4) is 23.1 Å². The summed E-state index contributed by atoms with van der Waals surface area (Å²) in [6, 6.07) is 13.8. The molecule has 1 spiro atoms. The molecule has 30 heavy (non-hydrogen) atoms. The van der Waals surface area contributed by atoms with Gasteiger partial charge < -0.3 is 4.74 Å². The summed E-state index contributed by atoms with van der Waals surface area (Å²) in [7, 11) is 0. The number of nitriles is 1. The van der Waals surface area contributed by atoms with Gasteiger partial charge in [-0.3, -0.25) is 0 Å². The van der Waals surface area contributed by atoms with Crippen LogP contribution in [0.3, 0.4) is 0 Å². The van der Waals surface area contributed by atoms with Crippen LogP contribution >= 0.6 is 0 Å². The fourth-order valence-corrected chi connectivity index (χ4v) is 6.01. The Bertz CT molecular complexity index is 1090. The van der Waals surface area contributed by atoms with E-state index in [1.807, 2.05) is 36.5 Å². The highest BCUT2D eigenvalue weighted by atomic mass is 16.5. The molecule has 150 valence electrons. The van der Waals surface area contributed by atoms with Gasteiger partial charge in [-0.05, 0) is 60.9 Å². The predicted octanol–water partition coefficient (Wildman–Crippen LogP) is 6.69. The Morgan fingerprint density at radius 1 is 1.07 bits per heavy atom. The lowest BCUT2D eigenvalue weighted by Gasteiger charge is -2.52. The predicted molar refractivity (Wildman–Crippen MR) is 118 cm³/mol. The number of fused-ring (bicyclic) bond motifs is 3. The van der Waals surface area contributed by atoms with Crippen LogP contribution in [-0.2, 0) is 0 Å². The summed E-state index contributed by atoms with van der Waals surface area (Å²) in [5.41, 5.74) is 4.20. The van der Waals surface area contributed by atoms with E-state index in [0.717, 1.165) is 46.9 Å². The molecule has 0 amide bonds. The number of aliphatic imine (C=N–C) groups is 1. The van der Waals surface area contributed by atoms with Crippen molar-refractivity contribution in [2.45, 2.75) is 57.0 Å². The van der Waals surface area contributed by atoms with E-state index >= 15 is 0 Å². The van der Waals surface area contributed by atoms with E-state index in [9.17, 15) is 5.26 Å². The summed E-state index contributed by atoms with van der Waals surface area (Å²) >= 11 is 0. The van der Waals surface area contributed by atoms with Crippen molar-refractivity contribution < 1.29 is 4.74 Å². The first-order chi connectivity index (χ1) is 14.7. The summed E-state index contributed by atoms with van der Waals surface area (Å²) in [5, 5.41) is 9.41. The summed E-state index contributed by atoms with van der Waals surface area (Å²) in [6.45, 7) is 7.28. The van der Waals surface area contributed by atoms with E-state index in [0.29, 0.717) is 11.6 Å². The molecule has 2 fully saturated rings. The standard InChI is InChI=1S/C26H25N3O/c1-28-21-9-4-7-19(14-21)20-11-12-25-22(15-20)24(29-17-27)16-26(30-25)13-5-8-18-6-2-3-10-23(18)26/h4,7,9,11-12,14-15,18,23H,2-3,5-6,8,10,13,16H2. The van der Waals surface area contributed by atoms with E-state index < -0.39 is 0 Å². The molecular weight excluding hydrogens is 370 g/mol. The average molecular weight is 396 g/mol. The lowest BCUT2D eigenvalue weighted by molar-refractivity contribution is -0.0656. The van der Waals surface area contributed by atoms with Crippen molar-refractivity contribution in [2.24, 2.45) is 16.8 Å². The van der Waals surface area contributed by atoms with Gasteiger partial charge in [0.1, 0.15) is 11.4 Å². The zero-order valence-electron chi connectivity index (χ0n) is 17.1. The number of hydrogen-bond donors (Lipinski definition) is 0. The Kier molecular flexibility index (Phi) is 4.80. The van der Waals surface area contributed by atoms with Crippen LogP contribution in [0, 0.1) is 29.9 Å². The number of benzene rings is 2. The first-order valence-electron chi connectivity index (χ1n) is 11.0. The number of rotatable bonds is 1. The molecule has 5 rings (SSSR count). The highest BCUT2D eigenvalue weighted by Crippen LogP contribution is 2.52. The molecule has 3 atom stereocenters. The Balaban J connectivity index is 1.56. The van der Waals surface area contributed by atoms with E-state index in [2.05, 4.69) is 22.0 Å². The van der Waals surface area contributed by atoms with Gasteiger partial charge in [-0.1, -0.05) is 43.5 Å². The molecule has 0 saturated heterocycles. The van der Waals surface area contributed by atoms with Gasteiger partial charge in [-0.25, -0.2) is 4.85 Å². The van der Waals surface area contributed by atoms with Crippen LogP contribution in [0.25, 0.3) is 16.0 Å². The van der Waals surface area contributed by atoms with Crippen molar-refractivity contribution in [2.75, 3.05) is 0 Å². The zero-order chi connectivity index (χ0) is 20.6. The van der Waals surface area contributed by atoms with Gasteiger partial charge in [0.05, 0.1) is 12.3 Å². The molecule has 2 aromatic rings. The van der Waals surface area contributed by atoms with Gasteiger partial charge in [0.25, 0.3) is 0 Å². The molecule has 4 nitrogen and oxygen atoms in total. The molecule has 4 heteroatoms. The minimum atomic E-state index is -0.211. The van der Waals surface area contributed by atoms with Crippen LogP contribution in [0.15, 0.2) is 47.5 Å². The molecule has 0 radical (unpaired) electrons. The number of nitrogens with zero attached hydrogens (tertiary/aromatic N) is 3. The van der Waals surface area contributed by atoms with E-state index in [4.69, 9.17) is 11.3 Å². The third kappa shape index (κ3) is 3.17. The molecule has 0 bridgehead atoms. The molecule has 1 aliphatic heterocycles. The van der Waals surface area contributed by atoms with Gasteiger partial charge in [0.15, 0.2) is 5.69 Å². The van der Waals surface area contributed by atoms with E-state index in [1.54, 1.807) is 0 Å². The van der Waals surface area contributed by atoms with E-state index in [-0.39, 0.29) is 5.60 Å². The maximum Gasteiger partial charge on any atom is 0.205 e. The summed E-state index contributed by atoms with van der Waals surface area (Å²) in [4.78, 5) is 7.82. The third-order valence-electron chi connectivity index (χ3n) is 7.32. The lowest BCUT2D eigenvalue weighted by Crippen LogP contribution is -2.54. The van der Waals surface area contributed by atoms with Crippen molar-refractivity contribution in [1.29, 1.82) is 5.26 Å². The van der Waals surface area contributed by atoms with Crippen LogP contribution in [-0.4, -0.2) is 11.3 Å². The van der Waals surface area contributed by atoms with Crippen LogP contribution in [0.2, 0.25) is 0 Å². The van der Waals surface area contributed by atoms with Crippen molar-refractivity contribution in [3.63, 3.8) is 0 Å². The second-order valence-corrected chi connectivity index (χ2v) is 8.92. The smallest absolute Gasteiger partial charge is 0.205 e. The molecule has 0 aromatic heterocycles. The minimum absolute atomic E-state index is 0.211.